The van der Waals surface area contributed by atoms with Gasteiger partial charge in [-0.3, -0.25) is 0 Å². The smallest absolute Gasteiger partial charge is 0.183 e. The van der Waals surface area contributed by atoms with Crippen molar-refractivity contribution in [2.45, 2.75) is 31.4 Å². The highest BCUT2D eigenvalue weighted by Gasteiger charge is 2.22. The number of aliphatic hydroxyl groups excluding tert-OH is 1. The van der Waals surface area contributed by atoms with E-state index in [1.807, 2.05) is 0 Å². The number of anilines is 1. The molecule has 72 valence electrons. The fourth-order valence-corrected chi connectivity index (χ4v) is 2.77. The predicted molar refractivity (Wildman–Crippen MR) is 57.1 cm³/mol. The fourth-order valence-electron chi connectivity index (χ4n) is 1.58. The van der Waals surface area contributed by atoms with E-state index in [9.17, 15) is 5.11 Å². The molecule has 2 atom stereocenters. The molecule has 0 amide bonds. The molecule has 0 bridgehead atoms. The van der Waals surface area contributed by atoms with Crippen LogP contribution in [0.4, 0.5) is 5.13 Å². The Kier molecular flexibility index (Phi) is 2.86. The monoisotopic (exact) mass is 262 g/mol. The summed E-state index contributed by atoms with van der Waals surface area (Å²) in [5.74, 6) is 0. The van der Waals surface area contributed by atoms with Crippen LogP contribution < -0.4 is 5.32 Å². The maximum atomic E-state index is 9.32. The molecule has 1 aliphatic carbocycles. The second-order valence-electron chi connectivity index (χ2n) is 3.28. The van der Waals surface area contributed by atoms with E-state index in [-0.39, 0.29) is 6.10 Å². The summed E-state index contributed by atoms with van der Waals surface area (Å²) in [6, 6.07) is 0.396. The van der Waals surface area contributed by atoms with Gasteiger partial charge in [-0.05, 0) is 35.2 Å². The maximum Gasteiger partial charge on any atom is 0.183 e. The van der Waals surface area contributed by atoms with Crippen LogP contribution in [0.15, 0.2) is 9.98 Å². The van der Waals surface area contributed by atoms with Crippen LogP contribution in [0.3, 0.4) is 0 Å². The molecule has 0 radical (unpaired) electrons. The molecule has 3 nitrogen and oxygen atoms in total. The number of thiazole rings is 1. The van der Waals surface area contributed by atoms with Crippen LogP contribution in [-0.4, -0.2) is 22.2 Å². The lowest BCUT2D eigenvalue weighted by atomic mass is 10.2. The average Bonchev–Trinajstić information content (AvgIpc) is 2.62. The first-order chi connectivity index (χ1) is 6.24. The van der Waals surface area contributed by atoms with Crippen molar-refractivity contribution in [2.24, 2.45) is 0 Å². The Morgan fingerprint density at radius 3 is 3.00 bits per heavy atom. The molecular weight excluding hydrogens is 252 g/mol. The Morgan fingerprint density at radius 1 is 1.62 bits per heavy atom. The molecule has 0 aliphatic heterocycles. The molecule has 2 N–H and O–H groups in total. The Balaban J connectivity index is 1.91. The van der Waals surface area contributed by atoms with Crippen LogP contribution in [0.5, 0.6) is 0 Å². The molecule has 0 saturated heterocycles. The zero-order chi connectivity index (χ0) is 9.26. The van der Waals surface area contributed by atoms with Crippen LogP contribution in [0.25, 0.3) is 0 Å². The molecule has 1 aromatic heterocycles. The van der Waals surface area contributed by atoms with Gasteiger partial charge in [0.25, 0.3) is 0 Å². The lowest BCUT2D eigenvalue weighted by Crippen LogP contribution is -2.16. The van der Waals surface area contributed by atoms with E-state index in [1.165, 1.54) is 0 Å². The Bertz CT molecular complexity index is 291. The van der Waals surface area contributed by atoms with Crippen molar-refractivity contribution in [2.75, 3.05) is 5.32 Å². The first-order valence-electron chi connectivity index (χ1n) is 4.30. The highest BCUT2D eigenvalue weighted by Crippen LogP contribution is 2.27. The lowest BCUT2D eigenvalue weighted by molar-refractivity contribution is 0.182. The average molecular weight is 263 g/mol. The summed E-state index contributed by atoms with van der Waals surface area (Å²) in [5, 5.41) is 13.6. The second kappa shape index (κ2) is 3.94. The Labute approximate surface area is 89.3 Å². The molecule has 1 aromatic rings. The highest BCUT2D eigenvalue weighted by atomic mass is 79.9. The summed E-state index contributed by atoms with van der Waals surface area (Å²) >= 11 is 4.95. The predicted octanol–water partition coefficient (Wildman–Crippen LogP) is 2.23. The number of nitrogens with one attached hydrogen (secondary N) is 1. The van der Waals surface area contributed by atoms with Gasteiger partial charge in [-0.1, -0.05) is 11.3 Å². The van der Waals surface area contributed by atoms with Gasteiger partial charge in [0.2, 0.25) is 0 Å². The van der Waals surface area contributed by atoms with Gasteiger partial charge in [0.1, 0.15) is 0 Å². The SMILES string of the molecule is O[C@@H]1CC[C@H](Nc2ncc(Br)s2)C1. The molecule has 1 saturated carbocycles. The molecule has 1 heterocycles. The van der Waals surface area contributed by atoms with Gasteiger partial charge in [-0.25, -0.2) is 4.98 Å². The topological polar surface area (TPSA) is 45.1 Å². The van der Waals surface area contributed by atoms with Gasteiger partial charge in [-0.2, -0.15) is 0 Å². The molecule has 0 spiro atoms. The molecule has 2 rings (SSSR count). The van der Waals surface area contributed by atoms with Crippen LogP contribution >= 0.6 is 27.3 Å². The summed E-state index contributed by atoms with van der Waals surface area (Å²) in [6.07, 6.45) is 4.46. The van der Waals surface area contributed by atoms with Crippen molar-refractivity contribution < 1.29 is 5.11 Å². The summed E-state index contributed by atoms with van der Waals surface area (Å²) in [5.41, 5.74) is 0. The van der Waals surface area contributed by atoms with Gasteiger partial charge < -0.3 is 10.4 Å². The minimum absolute atomic E-state index is 0.124. The van der Waals surface area contributed by atoms with E-state index in [4.69, 9.17) is 0 Å². The van der Waals surface area contributed by atoms with Crippen molar-refractivity contribution >= 4 is 32.4 Å². The summed E-state index contributed by atoms with van der Waals surface area (Å²) in [6.45, 7) is 0. The van der Waals surface area contributed by atoms with E-state index in [1.54, 1.807) is 17.5 Å². The third-order valence-electron chi connectivity index (χ3n) is 2.21. The Hall–Kier alpha value is -0.130. The van der Waals surface area contributed by atoms with Gasteiger partial charge in [0.05, 0.1) is 16.1 Å². The normalized spacial score (nSPS) is 27.8. The van der Waals surface area contributed by atoms with E-state index < -0.39 is 0 Å². The van der Waals surface area contributed by atoms with Gasteiger partial charge in [0.15, 0.2) is 5.13 Å². The minimum Gasteiger partial charge on any atom is -0.393 e. The molecule has 5 heteroatoms. The molecule has 0 aromatic carbocycles. The molecule has 1 aliphatic rings. The van der Waals surface area contributed by atoms with Gasteiger partial charge in [-0.15, -0.1) is 0 Å². The summed E-state index contributed by atoms with van der Waals surface area (Å²) in [4.78, 5) is 4.18. The zero-order valence-electron chi connectivity index (χ0n) is 7.03. The van der Waals surface area contributed by atoms with Crippen LogP contribution in [0.2, 0.25) is 0 Å². The quantitative estimate of drug-likeness (QED) is 0.860. The number of rotatable bonds is 2. The van der Waals surface area contributed by atoms with Crippen molar-refractivity contribution in [3.8, 4) is 0 Å². The number of nitrogens with zero attached hydrogens (tertiary/aromatic N) is 1. The summed E-state index contributed by atoms with van der Waals surface area (Å²) < 4.78 is 1.04. The summed E-state index contributed by atoms with van der Waals surface area (Å²) in [7, 11) is 0. The molecule has 1 fully saturated rings. The van der Waals surface area contributed by atoms with Gasteiger partial charge >= 0.3 is 0 Å². The standard InChI is InChI=1S/C8H11BrN2OS/c9-7-4-10-8(13-7)11-5-1-2-6(12)3-5/h4-6,12H,1-3H2,(H,10,11)/t5-,6+/m0/s1. The number of hydrogen-bond acceptors (Lipinski definition) is 4. The van der Waals surface area contributed by atoms with Crippen LogP contribution in [0.1, 0.15) is 19.3 Å². The van der Waals surface area contributed by atoms with Gasteiger partial charge in [0, 0.05) is 6.04 Å². The van der Waals surface area contributed by atoms with E-state index in [0.717, 1.165) is 28.2 Å². The van der Waals surface area contributed by atoms with Crippen LogP contribution in [0, 0.1) is 0 Å². The zero-order valence-corrected chi connectivity index (χ0v) is 9.44. The van der Waals surface area contributed by atoms with Crippen molar-refractivity contribution in [1.82, 2.24) is 4.98 Å². The molecular formula is C8H11BrN2OS. The first-order valence-corrected chi connectivity index (χ1v) is 5.91. The number of aliphatic hydroxyl groups is 1. The highest BCUT2D eigenvalue weighted by molar-refractivity contribution is 9.11. The maximum absolute atomic E-state index is 9.32. The minimum atomic E-state index is -0.124. The first kappa shape index (κ1) is 9.43. The lowest BCUT2D eigenvalue weighted by Gasteiger charge is -2.09. The fraction of sp³-hybridized carbons (Fsp3) is 0.625. The second-order valence-corrected chi connectivity index (χ2v) is 5.69. The van der Waals surface area contributed by atoms with Crippen LogP contribution in [-0.2, 0) is 0 Å². The number of hydrogen-bond donors (Lipinski definition) is 2. The van der Waals surface area contributed by atoms with Crippen molar-refractivity contribution in [1.29, 1.82) is 0 Å². The van der Waals surface area contributed by atoms with E-state index in [0.29, 0.717) is 6.04 Å². The third kappa shape index (κ3) is 2.42. The Morgan fingerprint density at radius 2 is 2.46 bits per heavy atom. The third-order valence-corrected chi connectivity index (χ3v) is 3.62. The number of halogens is 1. The van der Waals surface area contributed by atoms with E-state index in [2.05, 4.69) is 26.2 Å². The van der Waals surface area contributed by atoms with Crippen molar-refractivity contribution in [3.63, 3.8) is 0 Å². The number of aromatic nitrogens is 1. The molecule has 0 unspecified atom stereocenters. The largest absolute Gasteiger partial charge is 0.393 e. The van der Waals surface area contributed by atoms with E-state index >= 15 is 0 Å². The van der Waals surface area contributed by atoms with Crippen molar-refractivity contribution in [3.05, 3.63) is 9.98 Å². The molecule has 13 heavy (non-hydrogen) atoms.